The number of ether oxygens (including phenoxy) is 4. The lowest BCUT2D eigenvalue weighted by atomic mass is 10.1. The highest BCUT2D eigenvalue weighted by Crippen LogP contribution is 2.42. The molecule has 0 aliphatic carbocycles. The lowest BCUT2D eigenvalue weighted by Crippen LogP contribution is -2.37. The lowest BCUT2D eigenvalue weighted by molar-refractivity contribution is -0.0532. The van der Waals surface area contributed by atoms with Crippen LogP contribution in [0.1, 0.15) is 54.4 Å². The standard InChI is InChI=1S/C18H36NO7P/c1-11(2)22-10-18-16(8-14(6)25-18)26-27(20,21)19-9-17-15(23-12(3)4)7-13(5)24-17/h11-18H,7-10H2,1-6H3,(H2,19,20,21)/t13-,14-,15?,16?,17+,18+/m0/s1. The van der Waals surface area contributed by atoms with Crippen LogP contribution in [0.25, 0.3) is 0 Å². The largest absolute Gasteiger partial charge is 0.403 e. The molecule has 0 spiro atoms. The van der Waals surface area contributed by atoms with Gasteiger partial charge in [-0.05, 0) is 41.5 Å². The number of nitrogens with one attached hydrogen (secondary N) is 1. The van der Waals surface area contributed by atoms with Gasteiger partial charge in [0.05, 0.1) is 49.3 Å². The van der Waals surface area contributed by atoms with Crippen LogP contribution in [0.15, 0.2) is 0 Å². The van der Waals surface area contributed by atoms with Gasteiger partial charge < -0.3 is 23.8 Å². The second-order valence-corrected chi connectivity index (χ2v) is 9.64. The minimum absolute atomic E-state index is 0.0430. The molecule has 0 aromatic rings. The molecule has 0 aromatic heterocycles. The monoisotopic (exact) mass is 409 g/mol. The molecule has 0 saturated carbocycles. The highest BCUT2D eigenvalue weighted by Gasteiger charge is 2.40. The van der Waals surface area contributed by atoms with Gasteiger partial charge >= 0.3 is 7.75 Å². The molecule has 9 heteroatoms. The fourth-order valence-electron chi connectivity index (χ4n) is 3.48. The Bertz CT molecular complexity index is 504. The Morgan fingerprint density at radius 1 is 1.04 bits per heavy atom. The summed E-state index contributed by atoms with van der Waals surface area (Å²) in [7, 11) is -4.01. The Hall–Kier alpha value is -0.0500. The van der Waals surface area contributed by atoms with E-state index in [0.29, 0.717) is 13.0 Å². The van der Waals surface area contributed by atoms with Crippen LogP contribution in [0.3, 0.4) is 0 Å². The molecule has 160 valence electrons. The molecule has 7 atom stereocenters. The summed E-state index contributed by atoms with van der Waals surface area (Å²) < 4.78 is 41.1. The molecule has 2 saturated heterocycles. The molecule has 8 nitrogen and oxygen atoms in total. The van der Waals surface area contributed by atoms with Crippen molar-refractivity contribution >= 4 is 7.75 Å². The smallest absolute Gasteiger partial charge is 0.376 e. The second kappa shape index (κ2) is 10.1. The Morgan fingerprint density at radius 3 is 2.22 bits per heavy atom. The third-order valence-electron chi connectivity index (χ3n) is 4.58. The van der Waals surface area contributed by atoms with Crippen molar-refractivity contribution in [3.8, 4) is 0 Å². The maximum atomic E-state index is 12.6. The lowest BCUT2D eigenvalue weighted by Gasteiger charge is -2.25. The van der Waals surface area contributed by atoms with E-state index < -0.39 is 13.9 Å². The van der Waals surface area contributed by atoms with Crippen LogP contribution < -0.4 is 5.09 Å². The molecule has 3 unspecified atom stereocenters. The molecular formula is C18H36NO7P. The van der Waals surface area contributed by atoms with Crippen LogP contribution in [-0.2, 0) is 28.0 Å². The van der Waals surface area contributed by atoms with Crippen LogP contribution in [0, 0.1) is 0 Å². The van der Waals surface area contributed by atoms with E-state index in [1.54, 1.807) is 0 Å². The van der Waals surface area contributed by atoms with Gasteiger partial charge in [0.2, 0.25) is 0 Å². The van der Waals surface area contributed by atoms with Gasteiger partial charge in [-0.3, -0.25) is 4.52 Å². The first-order chi connectivity index (χ1) is 12.6. The molecule has 2 fully saturated rings. The normalized spacial score (nSPS) is 36.6. The van der Waals surface area contributed by atoms with E-state index in [0.717, 1.165) is 6.42 Å². The van der Waals surface area contributed by atoms with Gasteiger partial charge in [-0.2, -0.15) is 0 Å². The minimum atomic E-state index is -4.01. The van der Waals surface area contributed by atoms with E-state index in [2.05, 4.69) is 5.09 Å². The van der Waals surface area contributed by atoms with Gasteiger partial charge in [0.25, 0.3) is 0 Å². The van der Waals surface area contributed by atoms with Crippen LogP contribution in [0.4, 0.5) is 0 Å². The molecule has 2 rings (SSSR count). The highest BCUT2D eigenvalue weighted by atomic mass is 31.2. The maximum absolute atomic E-state index is 12.6. The summed E-state index contributed by atoms with van der Waals surface area (Å²) in [5, 5.41) is 2.64. The van der Waals surface area contributed by atoms with Crippen molar-refractivity contribution < 1.29 is 32.9 Å². The summed E-state index contributed by atoms with van der Waals surface area (Å²) in [4.78, 5) is 10.3. The maximum Gasteiger partial charge on any atom is 0.403 e. The Labute approximate surface area is 162 Å². The average Bonchev–Trinajstić information content (AvgIpc) is 3.04. The number of rotatable bonds is 10. The Kier molecular flexibility index (Phi) is 8.71. The summed E-state index contributed by atoms with van der Waals surface area (Å²) in [6.45, 7) is 12.2. The van der Waals surface area contributed by atoms with Crippen molar-refractivity contribution in [3.05, 3.63) is 0 Å². The van der Waals surface area contributed by atoms with Crippen molar-refractivity contribution in [2.45, 2.75) is 103 Å². The third-order valence-corrected chi connectivity index (χ3v) is 5.72. The van der Waals surface area contributed by atoms with Crippen LogP contribution in [0.2, 0.25) is 0 Å². The fraction of sp³-hybridized carbons (Fsp3) is 1.00. The van der Waals surface area contributed by atoms with Crippen molar-refractivity contribution in [2.75, 3.05) is 13.2 Å². The average molecular weight is 409 g/mol. The quantitative estimate of drug-likeness (QED) is 0.532. The van der Waals surface area contributed by atoms with E-state index in [1.807, 2.05) is 41.5 Å². The van der Waals surface area contributed by atoms with Gasteiger partial charge in [0, 0.05) is 19.4 Å². The van der Waals surface area contributed by atoms with Gasteiger partial charge in [-0.25, -0.2) is 9.65 Å². The topological polar surface area (TPSA) is 95.5 Å². The van der Waals surface area contributed by atoms with Gasteiger partial charge in [0.15, 0.2) is 0 Å². The van der Waals surface area contributed by atoms with Crippen molar-refractivity contribution in [3.63, 3.8) is 0 Å². The predicted molar refractivity (Wildman–Crippen MR) is 102 cm³/mol. The SMILES string of the molecule is CC(C)OC[C@H]1O[C@@H](C)CC1OP(=O)(O)NC[C@H]1O[C@@H](C)CC1OC(C)C. The molecule has 2 heterocycles. The van der Waals surface area contributed by atoms with Crippen molar-refractivity contribution in [2.24, 2.45) is 0 Å². The molecule has 2 N–H and O–H groups in total. The summed E-state index contributed by atoms with van der Waals surface area (Å²) >= 11 is 0. The zero-order valence-corrected chi connectivity index (χ0v) is 18.2. The van der Waals surface area contributed by atoms with Gasteiger partial charge in [-0.1, -0.05) is 0 Å². The molecule has 2 aliphatic heterocycles. The van der Waals surface area contributed by atoms with Gasteiger partial charge in [-0.15, -0.1) is 0 Å². The molecule has 0 amide bonds. The third kappa shape index (κ3) is 7.71. The summed E-state index contributed by atoms with van der Waals surface area (Å²) in [6, 6.07) is 0. The van der Waals surface area contributed by atoms with Crippen molar-refractivity contribution in [1.82, 2.24) is 5.09 Å². The first-order valence-electron chi connectivity index (χ1n) is 9.90. The summed E-state index contributed by atoms with van der Waals surface area (Å²) in [5.74, 6) is 0. The highest BCUT2D eigenvalue weighted by molar-refractivity contribution is 7.50. The molecule has 27 heavy (non-hydrogen) atoms. The van der Waals surface area contributed by atoms with E-state index in [-0.39, 0.29) is 49.3 Å². The Balaban J connectivity index is 1.87. The van der Waals surface area contributed by atoms with E-state index in [1.165, 1.54) is 0 Å². The first kappa shape index (κ1) is 23.2. The number of hydrogen-bond acceptors (Lipinski definition) is 6. The number of hydrogen-bond donors (Lipinski definition) is 2. The fourth-order valence-corrected chi connectivity index (χ4v) is 4.56. The summed E-state index contributed by atoms with van der Waals surface area (Å²) in [5.41, 5.74) is 0. The Morgan fingerprint density at radius 2 is 1.63 bits per heavy atom. The van der Waals surface area contributed by atoms with E-state index in [4.69, 9.17) is 23.5 Å². The molecule has 2 aliphatic rings. The van der Waals surface area contributed by atoms with E-state index >= 15 is 0 Å². The molecule has 0 bridgehead atoms. The molecule has 0 radical (unpaired) electrons. The van der Waals surface area contributed by atoms with Crippen LogP contribution >= 0.6 is 7.75 Å². The predicted octanol–water partition coefficient (Wildman–Crippen LogP) is 2.64. The second-order valence-electron chi connectivity index (χ2n) is 8.07. The van der Waals surface area contributed by atoms with E-state index in [9.17, 15) is 9.46 Å². The zero-order chi connectivity index (χ0) is 20.2. The van der Waals surface area contributed by atoms with Gasteiger partial charge in [0.1, 0.15) is 6.10 Å². The van der Waals surface area contributed by atoms with Crippen molar-refractivity contribution in [1.29, 1.82) is 0 Å². The first-order valence-corrected chi connectivity index (χ1v) is 11.5. The zero-order valence-electron chi connectivity index (χ0n) is 17.3. The summed E-state index contributed by atoms with van der Waals surface area (Å²) in [6.07, 6.45) is 0.223. The van der Waals surface area contributed by atoms with Crippen LogP contribution in [-0.4, -0.2) is 66.9 Å². The minimum Gasteiger partial charge on any atom is -0.376 e. The molecular weight excluding hydrogens is 373 g/mol. The van der Waals surface area contributed by atoms with Crippen LogP contribution in [0.5, 0.6) is 0 Å². The molecule has 0 aromatic carbocycles.